The van der Waals surface area contributed by atoms with Gasteiger partial charge >= 0.3 is 5.97 Å². The Kier molecular flexibility index (Phi) is 4.23. The molecule has 2 aromatic heterocycles. The SMILES string of the molecule is Cc1noc2nc(C3CC3)cc(C(=O)OC(C)C(=O)c3ccc4c(c3)CCC4)c12. The van der Waals surface area contributed by atoms with E-state index in [0.29, 0.717) is 33.8 Å². The maximum atomic E-state index is 13.0. The van der Waals surface area contributed by atoms with Crippen LogP contribution in [-0.4, -0.2) is 28.0 Å². The maximum Gasteiger partial charge on any atom is 0.339 e. The summed E-state index contributed by atoms with van der Waals surface area (Å²) in [6, 6.07) is 7.55. The first-order valence-electron chi connectivity index (χ1n) is 10.1. The molecular weight excluding hydrogens is 368 g/mol. The van der Waals surface area contributed by atoms with Crippen molar-refractivity contribution in [2.75, 3.05) is 0 Å². The lowest BCUT2D eigenvalue weighted by Gasteiger charge is -2.14. The summed E-state index contributed by atoms with van der Waals surface area (Å²) in [4.78, 5) is 30.3. The number of esters is 1. The molecule has 6 heteroatoms. The smallest absolute Gasteiger partial charge is 0.339 e. The van der Waals surface area contributed by atoms with Crippen LogP contribution in [0.25, 0.3) is 11.1 Å². The average molecular weight is 390 g/mol. The molecule has 1 saturated carbocycles. The van der Waals surface area contributed by atoms with Crippen LogP contribution >= 0.6 is 0 Å². The molecule has 0 bridgehead atoms. The number of nitrogens with zero attached hydrogens (tertiary/aromatic N) is 2. The van der Waals surface area contributed by atoms with E-state index in [9.17, 15) is 9.59 Å². The Hall–Kier alpha value is -3.02. The number of pyridine rings is 1. The number of rotatable bonds is 5. The van der Waals surface area contributed by atoms with E-state index < -0.39 is 12.1 Å². The minimum Gasteiger partial charge on any atom is -0.451 e. The minimum atomic E-state index is -0.880. The van der Waals surface area contributed by atoms with Crippen LogP contribution in [0.3, 0.4) is 0 Å². The molecule has 148 valence electrons. The molecule has 0 spiro atoms. The summed E-state index contributed by atoms with van der Waals surface area (Å²) in [5, 5.41) is 4.49. The minimum absolute atomic E-state index is 0.192. The molecule has 1 atom stereocenters. The highest BCUT2D eigenvalue weighted by atomic mass is 16.5. The first kappa shape index (κ1) is 18.0. The Bertz CT molecular complexity index is 1140. The van der Waals surface area contributed by atoms with Crippen LogP contribution < -0.4 is 0 Å². The number of hydrogen-bond acceptors (Lipinski definition) is 6. The third kappa shape index (κ3) is 3.22. The van der Waals surface area contributed by atoms with Crippen molar-refractivity contribution in [2.24, 2.45) is 0 Å². The van der Waals surface area contributed by atoms with Crippen molar-refractivity contribution in [3.05, 3.63) is 57.9 Å². The second kappa shape index (κ2) is 6.79. The highest BCUT2D eigenvalue weighted by Crippen LogP contribution is 2.40. The third-order valence-electron chi connectivity index (χ3n) is 5.89. The number of aryl methyl sites for hydroxylation is 3. The Labute approximate surface area is 168 Å². The van der Waals surface area contributed by atoms with Gasteiger partial charge in [-0.25, -0.2) is 9.78 Å². The molecule has 1 fully saturated rings. The van der Waals surface area contributed by atoms with Gasteiger partial charge in [0.15, 0.2) is 6.10 Å². The number of carbonyl (C=O) groups is 2. The van der Waals surface area contributed by atoms with Crippen molar-refractivity contribution in [1.82, 2.24) is 10.1 Å². The summed E-state index contributed by atoms with van der Waals surface area (Å²) in [7, 11) is 0. The summed E-state index contributed by atoms with van der Waals surface area (Å²) < 4.78 is 10.9. The molecule has 0 N–H and O–H groups in total. The van der Waals surface area contributed by atoms with Crippen LogP contribution in [-0.2, 0) is 17.6 Å². The zero-order valence-corrected chi connectivity index (χ0v) is 16.5. The number of benzene rings is 1. The van der Waals surface area contributed by atoms with Gasteiger partial charge in [0, 0.05) is 17.2 Å². The van der Waals surface area contributed by atoms with Gasteiger partial charge in [0.05, 0.1) is 16.6 Å². The monoisotopic (exact) mass is 390 g/mol. The first-order valence-corrected chi connectivity index (χ1v) is 10.1. The molecule has 1 unspecified atom stereocenters. The lowest BCUT2D eigenvalue weighted by Crippen LogP contribution is -2.25. The zero-order chi connectivity index (χ0) is 20.1. The van der Waals surface area contributed by atoms with E-state index >= 15 is 0 Å². The average Bonchev–Trinajstić information content (AvgIpc) is 3.36. The third-order valence-corrected chi connectivity index (χ3v) is 5.89. The van der Waals surface area contributed by atoms with Crippen molar-refractivity contribution in [3.63, 3.8) is 0 Å². The van der Waals surface area contributed by atoms with E-state index in [1.54, 1.807) is 19.9 Å². The summed E-state index contributed by atoms with van der Waals surface area (Å²) in [5.74, 6) is -0.391. The number of carbonyl (C=O) groups excluding carboxylic acids is 2. The molecule has 2 aliphatic rings. The van der Waals surface area contributed by atoms with Crippen molar-refractivity contribution < 1.29 is 18.8 Å². The van der Waals surface area contributed by atoms with Crippen LogP contribution in [0.15, 0.2) is 28.8 Å². The predicted molar refractivity (Wildman–Crippen MR) is 106 cm³/mol. The summed E-state index contributed by atoms with van der Waals surface area (Å²) in [6.45, 7) is 3.38. The highest BCUT2D eigenvalue weighted by molar-refractivity contribution is 6.06. The van der Waals surface area contributed by atoms with E-state index in [0.717, 1.165) is 37.8 Å². The number of ketones is 1. The number of aromatic nitrogens is 2. The molecule has 2 aliphatic carbocycles. The van der Waals surface area contributed by atoms with Gasteiger partial charge in [0.2, 0.25) is 5.78 Å². The van der Waals surface area contributed by atoms with Gasteiger partial charge < -0.3 is 9.26 Å². The van der Waals surface area contributed by atoms with E-state index in [-0.39, 0.29) is 5.78 Å². The fourth-order valence-electron chi connectivity index (χ4n) is 4.10. The van der Waals surface area contributed by atoms with Crippen molar-refractivity contribution >= 4 is 22.9 Å². The molecule has 1 aromatic carbocycles. The summed E-state index contributed by atoms with van der Waals surface area (Å²) in [6.07, 6.45) is 4.40. The van der Waals surface area contributed by atoms with Crippen molar-refractivity contribution in [1.29, 1.82) is 0 Å². The van der Waals surface area contributed by atoms with Crippen LogP contribution in [0.2, 0.25) is 0 Å². The van der Waals surface area contributed by atoms with Gasteiger partial charge in [0.1, 0.15) is 0 Å². The number of fused-ring (bicyclic) bond motifs is 2. The molecule has 2 heterocycles. The standard InChI is InChI=1S/C23H22N2O4/c1-12-20-18(11-19(15-7-8-15)24-22(20)29-25-12)23(27)28-13(2)21(26)17-9-6-14-4-3-5-16(14)10-17/h6,9-11,13,15H,3-5,7-8H2,1-2H3. The van der Waals surface area contributed by atoms with Gasteiger partial charge in [-0.15, -0.1) is 0 Å². The van der Waals surface area contributed by atoms with E-state index in [1.165, 1.54) is 11.1 Å². The predicted octanol–water partition coefficient (Wildman–Crippen LogP) is 4.33. The van der Waals surface area contributed by atoms with Crippen LogP contribution in [0.5, 0.6) is 0 Å². The topological polar surface area (TPSA) is 82.3 Å². The maximum absolute atomic E-state index is 13.0. The van der Waals surface area contributed by atoms with E-state index in [2.05, 4.69) is 10.1 Å². The first-order chi connectivity index (χ1) is 14.0. The molecule has 6 nitrogen and oxygen atoms in total. The molecule has 0 aliphatic heterocycles. The molecule has 0 radical (unpaired) electrons. The lowest BCUT2D eigenvalue weighted by molar-refractivity contribution is 0.0320. The quantitative estimate of drug-likeness (QED) is 0.476. The van der Waals surface area contributed by atoms with E-state index in [1.807, 2.05) is 18.2 Å². The van der Waals surface area contributed by atoms with Gasteiger partial charge in [-0.1, -0.05) is 17.3 Å². The number of ether oxygens (including phenoxy) is 1. The number of hydrogen-bond donors (Lipinski definition) is 0. The highest BCUT2D eigenvalue weighted by Gasteiger charge is 2.30. The van der Waals surface area contributed by atoms with Crippen LogP contribution in [0.1, 0.15) is 75.3 Å². The van der Waals surface area contributed by atoms with Crippen molar-refractivity contribution in [2.45, 2.75) is 58.0 Å². The Balaban J connectivity index is 1.41. The fourth-order valence-corrected chi connectivity index (χ4v) is 4.10. The molecule has 3 aromatic rings. The van der Waals surface area contributed by atoms with Crippen LogP contribution in [0, 0.1) is 6.92 Å². The van der Waals surface area contributed by atoms with E-state index in [4.69, 9.17) is 9.26 Å². The molecule has 29 heavy (non-hydrogen) atoms. The Morgan fingerprint density at radius 3 is 2.76 bits per heavy atom. The summed E-state index contributed by atoms with van der Waals surface area (Å²) >= 11 is 0. The zero-order valence-electron chi connectivity index (χ0n) is 16.5. The Morgan fingerprint density at radius 2 is 1.97 bits per heavy atom. The largest absolute Gasteiger partial charge is 0.451 e. The molecule has 5 rings (SSSR count). The van der Waals surface area contributed by atoms with Crippen LogP contribution in [0.4, 0.5) is 0 Å². The molecule has 0 saturated heterocycles. The second-order valence-electron chi connectivity index (χ2n) is 8.07. The van der Waals surface area contributed by atoms with Gasteiger partial charge in [0.25, 0.3) is 5.71 Å². The summed E-state index contributed by atoms with van der Waals surface area (Å²) in [5.41, 5.74) is 5.23. The second-order valence-corrected chi connectivity index (χ2v) is 8.07. The van der Waals surface area contributed by atoms with Crippen molar-refractivity contribution in [3.8, 4) is 0 Å². The molecular formula is C23H22N2O4. The lowest BCUT2D eigenvalue weighted by atomic mass is 10.0. The number of Topliss-reactive ketones (excluding diaryl/α,β-unsaturated/α-hetero) is 1. The normalized spacial score (nSPS) is 16.6. The van der Waals surface area contributed by atoms with Gasteiger partial charge in [-0.3, -0.25) is 4.79 Å². The molecule has 0 amide bonds. The van der Waals surface area contributed by atoms with Gasteiger partial charge in [-0.05, 0) is 69.2 Å². The van der Waals surface area contributed by atoms with Gasteiger partial charge in [-0.2, -0.15) is 0 Å². The fraction of sp³-hybridized carbons (Fsp3) is 0.391. The Morgan fingerprint density at radius 1 is 1.17 bits per heavy atom.